The number of Topliss-reactive ketones (excluding diaryl/α,β-unsaturated/α-hetero) is 1. The van der Waals surface area contributed by atoms with Crippen LogP contribution in [0.15, 0.2) is 24.3 Å². The van der Waals surface area contributed by atoms with E-state index in [1.54, 1.807) is 32.0 Å². The Labute approximate surface area is 108 Å². The molecule has 0 saturated carbocycles. The van der Waals surface area contributed by atoms with Gasteiger partial charge in [0.25, 0.3) is 0 Å². The molecule has 0 atom stereocenters. The van der Waals surface area contributed by atoms with Crippen molar-refractivity contribution < 1.29 is 13.2 Å². The number of nitrogens with two attached hydrogens (primary N) is 1. The molecule has 0 fully saturated rings. The Morgan fingerprint density at radius 3 is 2.56 bits per heavy atom. The molecule has 0 unspecified atom stereocenters. The minimum absolute atomic E-state index is 0.0648. The summed E-state index contributed by atoms with van der Waals surface area (Å²) < 4.78 is 23.1. The molecule has 0 heterocycles. The third kappa shape index (κ3) is 4.49. The van der Waals surface area contributed by atoms with Gasteiger partial charge in [-0.1, -0.05) is 12.1 Å². The van der Waals surface area contributed by atoms with Gasteiger partial charge in [-0.25, -0.2) is 8.42 Å². The maximum Gasteiger partial charge on any atom is 0.153 e. The summed E-state index contributed by atoms with van der Waals surface area (Å²) in [5, 5.41) is -0.433. The van der Waals surface area contributed by atoms with Gasteiger partial charge >= 0.3 is 0 Å². The number of anilines is 1. The van der Waals surface area contributed by atoms with Gasteiger partial charge in [-0.05, 0) is 31.5 Å². The van der Waals surface area contributed by atoms with Gasteiger partial charge in [-0.3, -0.25) is 4.79 Å². The highest BCUT2D eigenvalue weighted by Gasteiger charge is 2.17. The van der Waals surface area contributed by atoms with E-state index in [2.05, 4.69) is 0 Å². The van der Waals surface area contributed by atoms with Crippen LogP contribution in [0, 0.1) is 0 Å². The van der Waals surface area contributed by atoms with Crippen LogP contribution >= 0.6 is 0 Å². The van der Waals surface area contributed by atoms with Gasteiger partial charge < -0.3 is 5.73 Å². The third-order valence-corrected chi connectivity index (χ3v) is 4.95. The zero-order chi connectivity index (χ0) is 13.8. The molecule has 0 aromatic heterocycles. The van der Waals surface area contributed by atoms with Crippen molar-refractivity contribution in [2.75, 3.05) is 11.5 Å². The van der Waals surface area contributed by atoms with Gasteiger partial charge in [0.05, 0.1) is 11.0 Å². The molecule has 1 rings (SSSR count). The number of rotatable bonds is 6. The lowest BCUT2D eigenvalue weighted by atomic mass is 10.1. The molecule has 2 N–H and O–H groups in total. The zero-order valence-corrected chi connectivity index (χ0v) is 11.5. The molecule has 18 heavy (non-hydrogen) atoms. The second-order valence-electron chi connectivity index (χ2n) is 4.63. The van der Waals surface area contributed by atoms with E-state index >= 15 is 0 Å². The molecular formula is C13H19NO3S. The van der Waals surface area contributed by atoms with Gasteiger partial charge in [0, 0.05) is 18.5 Å². The highest BCUT2D eigenvalue weighted by molar-refractivity contribution is 7.91. The first-order valence-corrected chi connectivity index (χ1v) is 7.60. The van der Waals surface area contributed by atoms with Crippen molar-refractivity contribution in [2.45, 2.75) is 31.9 Å². The molecule has 0 radical (unpaired) electrons. The van der Waals surface area contributed by atoms with E-state index in [-0.39, 0.29) is 24.4 Å². The molecule has 4 nitrogen and oxygen atoms in total. The molecule has 0 aliphatic heterocycles. The van der Waals surface area contributed by atoms with Crippen molar-refractivity contribution in [1.82, 2.24) is 0 Å². The van der Waals surface area contributed by atoms with Crippen LogP contribution in [0.5, 0.6) is 0 Å². The Bertz CT molecular complexity index is 521. The standard InChI is InChI=1S/C13H19NO3S/c1-10(2)18(16,17)7-6-13(15)9-11-4-3-5-12(14)8-11/h3-5,8,10H,6-7,9,14H2,1-2H3. The lowest BCUT2D eigenvalue weighted by molar-refractivity contribution is -0.118. The predicted octanol–water partition coefficient (Wildman–Crippen LogP) is 1.59. The highest BCUT2D eigenvalue weighted by atomic mass is 32.2. The van der Waals surface area contributed by atoms with Crippen molar-refractivity contribution in [3.63, 3.8) is 0 Å². The number of carbonyl (C=O) groups is 1. The van der Waals surface area contributed by atoms with E-state index in [4.69, 9.17) is 5.73 Å². The minimum atomic E-state index is -3.14. The van der Waals surface area contributed by atoms with Crippen molar-refractivity contribution in [3.8, 4) is 0 Å². The SMILES string of the molecule is CC(C)S(=O)(=O)CCC(=O)Cc1cccc(N)c1. The van der Waals surface area contributed by atoms with Gasteiger partial charge in [-0.15, -0.1) is 0 Å². The quantitative estimate of drug-likeness (QED) is 0.796. The summed E-state index contributed by atoms with van der Waals surface area (Å²) in [6.45, 7) is 3.25. The Balaban J connectivity index is 2.53. The van der Waals surface area contributed by atoms with Gasteiger partial charge in [-0.2, -0.15) is 0 Å². The largest absolute Gasteiger partial charge is 0.399 e. The van der Waals surface area contributed by atoms with Crippen LogP contribution in [0.25, 0.3) is 0 Å². The number of ketones is 1. The van der Waals surface area contributed by atoms with Gasteiger partial charge in [0.15, 0.2) is 9.84 Å². The van der Waals surface area contributed by atoms with Crippen LogP contribution in [0.1, 0.15) is 25.8 Å². The summed E-state index contributed by atoms with van der Waals surface area (Å²) in [5.74, 6) is -0.156. The molecule has 1 aromatic rings. The van der Waals surface area contributed by atoms with Crippen molar-refractivity contribution in [3.05, 3.63) is 29.8 Å². The van der Waals surface area contributed by atoms with Crippen LogP contribution in [0.3, 0.4) is 0 Å². The van der Waals surface area contributed by atoms with E-state index in [1.165, 1.54) is 0 Å². The molecule has 0 saturated heterocycles. The highest BCUT2D eigenvalue weighted by Crippen LogP contribution is 2.09. The maximum atomic E-state index is 11.7. The van der Waals surface area contributed by atoms with Crippen LogP contribution < -0.4 is 5.73 Å². The summed E-state index contributed by atoms with van der Waals surface area (Å²) in [6.07, 6.45) is 0.300. The summed E-state index contributed by atoms with van der Waals surface area (Å²) in [4.78, 5) is 11.7. The van der Waals surface area contributed by atoms with E-state index in [9.17, 15) is 13.2 Å². The van der Waals surface area contributed by atoms with Gasteiger partial charge in [0.1, 0.15) is 5.78 Å². The lowest BCUT2D eigenvalue weighted by Gasteiger charge is -2.07. The van der Waals surface area contributed by atoms with Crippen molar-refractivity contribution in [2.24, 2.45) is 0 Å². The summed E-state index contributed by atoms with van der Waals surface area (Å²) in [7, 11) is -3.14. The smallest absolute Gasteiger partial charge is 0.153 e. The summed E-state index contributed by atoms with van der Waals surface area (Å²) >= 11 is 0. The van der Waals surface area contributed by atoms with E-state index in [1.807, 2.05) is 6.07 Å². The minimum Gasteiger partial charge on any atom is -0.399 e. The fourth-order valence-electron chi connectivity index (χ4n) is 1.51. The van der Waals surface area contributed by atoms with E-state index in [0.29, 0.717) is 5.69 Å². The molecular weight excluding hydrogens is 250 g/mol. The first-order valence-electron chi connectivity index (χ1n) is 5.89. The van der Waals surface area contributed by atoms with Gasteiger partial charge in [0.2, 0.25) is 0 Å². The number of hydrogen-bond acceptors (Lipinski definition) is 4. The Morgan fingerprint density at radius 2 is 2.00 bits per heavy atom. The van der Waals surface area contributed by atoms with Crippen LogP contribution in [-0.4, -0.2) is 25.2 Å². The second kappa shape index (κ2) is 6.00. The first-order chi connectivity index (χ1) is 8.31. The molecule has 0 amide bonds. The molecule has 5 heteroatoms. The number of hydrogen-bond donors (Lipinski definition) is 1. The average molecular weight is 269 g/mol. The van der Waals surface area contributed by atoms with Crippen LogP contribution in [0.2, 0.25) is 0 Å². The molecule has 0 aliphatic rings. The summed E-state index contributed by atoms with van der Waals surface area (Å²) in [6, 6.07) is 7.07. The molecule has 0 spiro atoms. The normalized spacial score (nSPS) is 11.7. The van der Waals surface area contributed by atoms with Crippen LogP contribution in [-0.2, 0) is 21.1 Å². The average Bonchev–Trinajstić information content (AvgIpc) is 2.26. The molecule has 100 valence electrons. The third-order valence-electron chi connectivity index (χ3n) is 2.74. The first kappa shape index (κ1) is 14.7. The maximum absolute atomic E-state index is 11.7. The Morgan fingerprint density at radius 1 is 1.33 bits per heavy atom. The lowest BCUT2D eigenvalue weighted by Crippen LogP contribution is -2.20. The Hall–Kier alpha value is -1.36. The fourth-order valence-corrected chi connectivity index (χ4v) is 2.49. The zero-order valence-electron chi connectivity index (χ0n) is 10.7. The van der Waals surface area contributed by atoms with Crippen molar-refractivity contribution in [1.29, 1.82) is 0 Å². The number of sulfone groups is 1. The molecule has 1 aromatic carbocycles. The number of benzene rings is 1. The summed E-state index contributed by atoms with van der Waals surface area (Å²) in [5.41, 5.74) is 7.04. The fraction of sp³-hybridized carbons (Fsp3) is 0.462. The van der Waals surface area contributed by atoms with Crippen molar-refractivity contribution >= 4 is 21.3 Å². The molecule has 0 aliphatic carbocycles. The Kier molecular flexibility index (Phi) is 4.90. The second-order valence-corrected chi connectivity index (χ2v) is 7.30. The number of nitrogen functional groups attached to an aromatic ring is 1. The van der Waals surface area contributed by atoms with Crippen LogP contribution in [0.4, 0.5) is 5.69 Å². The van der Waals surface area contributed by atoms with E-state index in [0.717, 1.165) is 5.56 Å². The van der Waals surface area contributed by atoms with E-state index < -0.39 is 15.1 Å². The number of carbonyl (C=O) groups excluding carboxylic acids is 1. The molecule has 0 bridgehead atoms. The monoisotopic (exact) mass is 269 g/mol. The topological polar surface area (TPSA) is 77.2 Å². The predicted molar refractivity (Wildman–Crippen MR) is 73.1 cm³/mol.